The number of esters is 1. The van der Waals surface area contributed by atoms with Gasteiger partial charge in [-0.3, -0.25) is 4.79 Å². The van der Waals surface area contributed by atoms with E-state index in [4.69, 9.17) is 4.74 Å². The summed E-state index contributed by atoms with van der Waals surface area (Å²) >= 11 is 0. The molecule has 0 saturated heterocycles. The van der Waals surface area contributed by atoms with Crippen molar-refractivity contribution in [2.45, 2.75) is 32.5 Å². The van der Waals surface area contributed by atoms with Crippen LogP contribution in [0, 0.1) is 5.41 Å². The third kappa shape index (κ3) is 2.09. The van der Waals surface area contributed by atoms with E-state index in [2.05, 4.69) is 0 Å². The molecule has 1 aliphatic rings. The molecule has 0 heterocycles. The molecule has 0 spiro atoms. The van der Waals surface area contributed by atoms with E-state index in [1.54, 1.807) is 6.92 Å². The van der Waals surface area contributed by atoms with Gasteiger partial charge in [0.2, 0.25) is 0 Å². The molecule has 3 nitrogen and oxygen atoms in total. The molecule has 1 N–H and O–H groups in total. The first-order valence-electron chi connectivity index (χ1n) is 5.54. The van der Waals surface area contributed by atoms with E-state index in [9.17, 15) is 9.90 Å². The molecule has 0 aliphatic heterocycles. The van der Waals surface area contributed by atoms with E-state index >= 15 is 0 Å². The molecule has 0 unspecified atom stereocenters. The number of carbonyl (C=O) groups is 1. The second kappa shape index (κ2) is 4.26. The lowest BCUT2D eigenvalue weighted by Crippen LogP contribution is -2.29. The van der Waals surface area contributed by atoms with Crippen molar-refractivity contribution >= 4 is 5.97 Å². The molecular formula is C13H16O3. The van der Waals surface area contributed by atoms with Crippen LogP contribution in [-0.4, -0.2) is 17.2 Å². The van der Waals surface area contributed by atoms with Crippen LogP contribution < -0.4 is 0 Å². The molecule has 0 bridgehead atoms. The smallest absolute Gasteiger partial charge is 0.315 e. The van der Waals surface area contributed by atoms with Gasteiger partial charge in [0.1, 0.15) is 6.61 Å². The van der Waals surface area contributed by atoms with Crippen LogP contribution in [-0.2, 0) is 16.1 Å². The normalized spacial score (nSPS) is 18.9. The SMILES string of the molecule is C[C@H](O)C1(C(=O)OCc2ccccc2)CC1. The minimum absolute atomic E-state index is 0.272. The van der Waals surface area contributed by atoms with Gasteiger partial charge in [0.05, 0.1) is 11.5 Å². The van der Waals surface area contributed by atoms with Gasteiger partial charge < -0.3 is 9.84 Å². The molecule has 1 saturated carbocycles. The fourth-order valence-electron chi connectivity index (χ4n) is 1.79. The lowest BCUT2D eigenvalue weighted by atomic mass is 10.0. The van der Waals surface area contributed by atoms with Crippen LogP contribution in [0.2, 0.25) is 0 Å². The lowest BCUT2D eigenvalue weighted by Gasteiger charge is -2.16. The highest BCUT2D eigenvalue weighted by molar-refractivity contribution is 5.80. The molecule has 3 heteroatoms. The minimum Gasteiger partial charge on any atom is -0.460 e. The van der Waals surface area contributed by atoms with Gasteiger partial charge in [-0.1, -0.05) is 30.3 Å². The summed E-state index contributed by atoms with van der Waals surface area (Å²) in [5, 5.41) is 9.51. The number of hydrogen-bond donors (Lipinski definition) is 1. The van der Waals surface area contributed by atoms with Crippen molar-refractivity contribution < 1.29 is 14.6 Å². The molecule has 2 rings (SSSR count). The third-order valence-electron chi connectivity index (χ3n) is 3.21. The first-order chi connectivity index (χ1) is 7.65. The zero-order chi connectivity index (χ0) is 11.6. The van der Waals surface area contributed by atoms with Crippen LogP contribution in [0.15, 0.2) is 30.3 Å². The van der Waals surface area contributed by atoms with Gasteiger partial charge in [-0.15, -0.1) is 0 Å². The number of hydrogen-bond acceptors (Lipinski definition) is 3. The Morgan fingerprint density at radius 3 is 2.56 bits per heavy atom. The van der Waals surface area contributed by atoms with Gasteiger partial charge in [0, 0.05) is 0 Å². The summed E-state index contributed by atoms with van der Waals surface area (Å²) in [6.07, 6.45) is 0.854. The highest BCUT2D eigenvalue weighted by atomic mass is 16.5. The van der Waals surface area contributed by atoms with E-state index < -0.39 is 11.5 Å². The number of ether oxygens (including phenoxy) is 1. The number of benzene rings is 1. The van der Waals surface area contributed by atoms with Crippen LogP contribution >= 0.6 is 0 Å². The topological polar surface area (TPSA) is 46.5 Å². The van der Waals surface area contributed by atoms with E-state index in [0.29, 0.717) is 0 Å². The number of carbonyl (C=O) groups excluding carboxylic acids is 1. The molecule has 0 radical (unpaired) electrons. The maximum atomic E-state index is 11.8. The summed E-state index contributed by atoms with van der Waals surface area (Å²) < 4.78 is 5.22. The zero-order valence-corrected chi connectivity index (χ0v) is 9.35. The average molecular weight is 220 g/mol. The molecule has 0 amide bonds. The van der Waals surface area contributed by atoms with Crippen molar-refractivity contribution in [3.8, 4) is 0 Å². The summed E-state index contributed by atoms with van der Waals surface area (Å²) in [5.74, 6) is -0.272. The highest BCUT2D eigenvalue weighted by Gasteiger charge is 2.55. The van der Waals surface area contributed by atoms with Crippen molar-refractivity contribution in [1.29, 1.82) is 0 Å². The van der Waals surface area contributed by atoms with Crippen LogP contribution in [0.25, 0.3) is 0 Å². The van der Waals surface area contributed by atoms with E-state index in [1.165, 1.54) is 0 Å². The van der Waals surface area contributed by atoms with Gasteiger partial charge in [0.15, 0.2) is 0 Å². The summed E-state index contributed by atoms with van der Waals surface area (Å²) in [7, 11) is 0. The van der Waals surface area contributed by atoms with Crippen molar-refractivity contribution in [3.05, 3.63) is 35.9 Å². The summed E-state index contributed by atoms with van der Waals surface area (Å²) in [4.78, 5) is 11.8. The molecule has 1 atom stereocenters. The van der Waals surface area contributed by atoms with Crippen molar-refractivity contribution in [1.82, 2.24) is 0 Å². The van der Waals surface area contributed by atoms with Gasteiger partial charge in [-0.25, -0.2) is 0 Å². The molecule has 16 heavy (non-hydrogen) atoms. The largest absolute Gasteiger partial charge is 0.460 e. The zero-order valence-electron chi connectivity index (χ0n) is 9.35. The summed E-state index contributed by atoms with van der Waals surface area (Å²) in [6.45, 7) is 1.94. The Balaban J connectivity index is 1.90. The maximum Gasteiger partial charge on any atom is 0.315 e. The Morgan fingerprint density at radius 2 is 2.06 bits per heavy atom. The summed E-state index contributed by atoms with van der Waals surface area (Å²) in [6, 6.07) is 9.56. The average Bonchev–Trinajstić information content (AvgIpc) is 3.08. The predicted molar refractivity (Wildman–Crippen MR) is 59.6 cm³/mol. The Hall–Kier alpha value is -1.35. The molecule has 1 fully saturated rings. The Bertz CT molecular complexity index is 366. The fraction of sp³-hybridized carbons (Fsp3) is 0.462. The first-order valence-corrected chi connectivity index (χ1v) is 5.54. The Morgan fingerprint density at radius 1 is 1.44 bits per heavy atom. The lowest BCUT2D eigenvalue weighted by molar-refractivity contribution is -0.155. The fourth-order valence-corrected chi connectivity index (χ4v) is 1.79. The molecule has 86 valence electrons. The second-order valence-corrected chi connectivity index (χ2v) is 4.39. The van der Waals surface area contributed by atoms with Crippen molar-refractivity contribution in [2.75, 3.05) is 0 Å². The van der Waals surface area contributed by atoms with Gasteiger partial charge in [-0.05, 0) is 25.3 Å². The van der Waals surface area contributed by atoms with Crippen LogP contribution in [0.3, 0.4) is 0 Å². The van der Waals surface area contributed by atoms with Crippen molar-refractivity contribution in [3.63, 3.8) is 0 Å². The monoisotopic (exact) mass is 220 g/mol. The maximum absolute atomic E-state index is 11.8. The van der Waals surface area contributed by atoms with E-state index in [1.807, 2.05) is 30.3 Å². The molecule has 1 aromatic carbocycles. The number of aliphatic hydroxyl groups excluding tert-OH is 1. The van der Waals surface area contributed by atoms with Crippen LogP contribution in [0.4, 0.5) is 0 Å². The second-order valence-electron chi connectivity index (χ2n) is 4.39. The quantitative estimate of drug-likeness (QED) is 0.788. The van der Waals surface area contributed by atoms with Gasteiger partial charge in [0.25, 0.3) is 0 Å². The third-order valence-corrected chi connectivity index (χ3v) is 3.21. The molecule has 1 aromatic rings. The summed E-state index contributed by atoms with van der Waals surface area (Å²) in [5.41, 5.74) is 0.353. The van der Waals surface area contributed by atoms with Gasteiger partial charge >= 0.3 is 5.97 Å². The Kier molecular flexibility index (Phi) is 2.97. The predicted octanol–water partition coefficient (Wildman–Crippen LogP) is 1.89. The number of rotatable bonds is 4. The standard InChI is InChI=1S/C13H16O3/c1-10(14)13(7-8-13)12(15)16-9-11-5-3-2-4-6-11/h2-6,10,14H,7-9H2,1H3/t10-/m0/s1. The first kappa shape index (κ1) is 11.1. The number of aliphatic hydroxyl groups is 1. The Labute approximate surface area is 95.0 Å². The minimum atomic E-state index is -0.616. The van der Waals surface area contributed by atoms with Gasteiger partial charge in [-0.2, -0.15) is 0 Å². The molecule has 1 aliphatic carbocycles. The molecular weight excluding hydrogens is 204 g/mol. The molecule has 0 aromatic heterocycles. The van der Waals surface area contributed by atoms with Crippen LogP contribution in [0.5, 0.6) is 0 Å². The van der Waals surface area contributed by atoms with Crippen molar-refractivity contribution in [2.24, 2.45) is 5.41 Å². The van der Waals surface area contributed by atoms with E-state index in [0.717, 1.165) is 18.4 Å². The van der Waals surface area contributed by atoms with Crippen LogP contribution in [0.1, 0.15) is 25.3 Å². The van der Waals surface area contributed by atoms with E-state index in [-0.39, 0.29) is 12.6 Å². The highest BCUT2D eigenvalue weighted by Crippen LogP contribution is 2.49.